The van der Waals surface area contributed by atoms with E-state index >= 15 is 0 Å². The van der Waals surface area contributed by atoms with Crippen LogP contribution in [-0.2, 0) is 6.54 Å². The zero-order valence-corrected chi connectivity index (χ0v) is 10.8. The molecule has 0 aliphatic heterocycles. The molecule has 4 heteroatoms. The van der Waals surface area contributed by atoms with Crippen molar-refractivity contribution in [2.75, 3.05) is 0 Å². The number of carboxylic acid groups (broad SMARTS) is 1. The Bertz CT molecular complexity index is 583. The van der Waals surface area contributed by atoms with Crippen molar-refractivity contribution in [3.63, 3.8) is 0 Å². The fourth-order valence-corrected chi connectivity index (χ4v) is 2.20. The quantitative estimate of drug-likeness (QED) is 0.903. The lowest BCUT2D eigenvalue weighted by molar-refractivity contribution is 0.0697. The van der Waals surface area contributed by atoms with Gasteiger partial charge in [-0.3, -0.25) is 4.68 Å². The molecule has 0 bridgehead atoms. The van der Waals surface area contributed by atoms with Crippen LogP contribution in [0.3, 0.4) is 0 Å². The maximum absolute atomic E-state index is 10.8. The summed E-state index contributed by atoms with van der Waals surface area (Å²) in [7, 11) is 0. The van der Waals surface area contributed by atoms with Gasteiger partial charge < -0.3 is 5.11 Å². The summed E-state index contributed by atoms with van der Waals surface area (Å²) in [4.78, 5) is 10.8. The van der Waals surface area contributed by atoms with Crippen LogP contribution in [0.15, 0.2) is 24.3 Å². The Kier molecular flexibility index (Phi) is 3.19. The summed E-state index contributed by atoms with van der Waals surface area (Å²) in [6.45, 7) is 6.89. The summed E-state index contributed by atoms with van der Waals surface area (Å²) < 4.78 is 1.95. The van der Waals surface area contributed by atoms with Crippen LogP contribution in [0.4, 0.5) is 0 Å². The smallest absolute Gasteiger partial charge is 0.335 e. The lowest BCUT2D eigenvalue weighted by Crippen LogP contribution is -1.98. The molecule has 0 aliphatic rings. The molecular weight excluding hydrogens is 228 g/mol. The molecule has 0 spiro atoms. The van der Waals surface area contributed by atoms with E-state index in [2.05, 4.69) is 12.0 Å². The second kappa shape index (κ2) is 4.64. The van der Waals surface area contributed by atoms with Gasteiger partial charge in [0.1, 0.15) is 0 Å². The molecule has 0 saturated heterocycles. The van der Waals surface area contributed by atoms with Gasteiger partial charge in [0, 0.05) is 17.8 Å². The number of nitrogens with zero attached hydrogens (tertiary/aromatic N) is 2. The first kappa shape index (κ1) is 12.4. The zero-order valence-electron chi connectivity index (χ0n) is 10.8. The van der Waals surface area contributed by atoms with Gasteiger partial charge in [-0.05, 0) is 38.5 Å². The Morgan fingerprint density at radius 1 is 1.28 bits per heavy atom. The van der Waals surface area contributed by atoms with Gasteiger partial charge in [0.15, 0.2) is 0 Å². The van der Waals surface area contributed by atoms with Gasteiger partial charge in [0.05, 0.1) is 11.3 Å². The number of aromatic carboxylic acids is 1. The Morgan fingerprint density at radius 2 is 1.89 bits per heavy atom. The normalized spacial score (nSPS) is 10.6. The maximum atomic E-state index is 10.8. The average molecular weight is 244 g/mol. The van der Waals surface area contributed by atoms with Crippen molar-refractivity contribution in [3.8, 4) is 11.1 Å². The molecule has 2 rings (SSSR count). The summed E-state index contributed by atoms with van der Waals surface area (Å²) in [5.41, 5.74) is 4.48. The van der Waals surface area contributed by atoms with Crippen LogP contribution < -0.4 is 0 Å². The SMILES string of the molecule is CCn1nc(C)c(-c2ccc(C(=O)O)cc2)c1C. The van der Waals surface area contributed by atoms with Gasteiger partial charge in [0.25, 0.3) is 0 Å². The number of hydrogen-bond donors (Lipinski definition) is 1. The van der Waals surface area contributed by atoms with Gasteiger partial charge >= 0.3 is 5.97 Å². The minimum absolute atomic E-state index is 0.303. The van der Waals surface area contributed by atoms with E-state index in [0.29, 0.717) is 5.56 Å². The molecule has 0 fully saturated rings. The van der Waals surface area contributed by atoms with E-state index < -0.39 is 5.97 Å². The lowest BCUT2D eigenvalue weighted by atomic mass is 10.0. The molecule has 2 aromatic rings. The largest absolute Gasteiger partial charge is 0.478 e. The fraction of sp³-hybridized carbons (Fsp3) is 0.286. The third kappa shape index (κ3) is 2.01. The van der Waals surface area contributed by atoms with Crippen LogP contribution in [0.2, 0.25) is 0 Å². The number of aryl methyl sites for hydroxylation is 2. The van der Waals surface area contributed by atoms with Crippen molar-refractivity contribution >= 4 is 5.97 Å². The summed E-state index contributed by atoms with van der Waals surface area (Å²) in [6.07, 6.45) is 0. The van der Waals surface area contributed by atoms with E-state index in [4.69, 9.17) is 5.11 Å². The third-order valence-corrected chi connectivity index (χ3v) is 3.10. The first-order valence-corrected chi connectivity index (χ1v) is 5.92. The summed E-state index contributed by atoms with van der Waals surface area (Å²) in [5.74, 6) is -0.903. The lowest BCUT2D eigenvalue weighted by Gasteiger charge is -2.04. The predicted molar refractivity (Wildman–Crippen MR) is 69.8 cm³/mol. The molecule has 0 atom stereocenters. The Morgan fingerprint density at radius 3 is 2.33 bits per heavy atom. The Hall–Kier alpha value is -2.10. The van der Waals surface area contributed by atoms with Crippen molar-refractivity contribution in [1.82, 2.24) is 9.78 Å². The van der Waals surface area contributed by atoms with Gasteiger partial charge in [-0.15, -0.1) is 0 Å². The molecular formula is C14H16N2O2. The molecule has 0 amide bonds. The van der Waals surface area contributed by atoms with Crippen LogP contribution in [0.25, 0.3) is 11.1 Å². The molecule has 0 radical (unpaired) electrons. The molecule has 0 saturated carbocycles. The van der Waals surface area contributed by atoms with E-state index in [9.17, 15) is 4.79 Å². The molecule has 1 aromatic heterocycles. The highest BCUT2D eigenvalue weighted by molar-refractivity contribution is 5.88. The van der Waals surface area contributed by atoms with Crippen LogP contribution in [-0.4, -0.2) is 20.9 Å². The molecule has 1 N–H and O–H groups in total. The zero-order chi connectivity index (χ0) is 13.3. The highest BCUT2D eigenvalue weighted by Gasteiger charge is 2.13. The van der Waals surface area contributed by atoms with E-state index in [1.54, 1.807) is 12.1 Å². The first-order chi connectivity index (χ1) is 8.54. The van der Waals surface area contributed by atoms with E-state index in [0.717, 1.165) is 29.1 Å². The minimum atomic E-state index is -0.903. The van der Waals surface area contributed by atoms with Crippen molar-refractivity contribution < 1.29 is 9.90 Å². The molecule has 0 aliphatic carbocycles. The molecule has 94 valence electrons. The number of aromatic nitrogens is 2. The minimum Gasteiger partial charge on any atom is -0.478 e. The second-order valence-electron chi connectivity index (χ2n) is 4.24. The highest BCUT2D eigenvalue weighted by Crippen LogP contribution is 2.27. The van der Waals surface area contributed by atoms with Crippen molar-refractivity contribution in [3.05, 3.63) is 41.2 Å². The van der Waals surface area contributed by atoms with Gasteiger partial charge in [-0.2, -0.15) is 5.10 Å². The monoisotopic (exact) mass is 244 g/mol. The maximum Gasteiger partial charge on any atom is 0.335 e. The van der Waals surface area contributed by atoms with Crippen molar-refractivity contribution in [2.24, 2.45) is 0 Å². The first-order valence-electron chi connectivity index (χ1n) is 5.92. The Labute approximate surface area is 106 Å². The molecule has 0 unspecified atom stereocenters. The van der Waals surface area contributed by atoms with E-state index in [-0.39, 0.29) is 0 Å². The number of carbonyl (C=O) groups is 1. The number of benzene rings is 1. The summed E-state index contributed by atoms with van der Waals surface area (Å²) >= 11 is 0. The van der Waals surface area contributed by atoms with Crippen LogP contribution >= 0.6 is 0 Å². The number of carboxylic acids is 1. The standard InChI is InChI=1S/C14H16N2O2/c1-4-16-10(3)13(9(2)15-16)11-5-7-12(8-6-11)14(17)18/h5-8H,4H2,1-3H3,(H,17,18). The highest BCUT2D eigenvalue weighted by atomic mass is 16.4. The van der Waals surface area contributed by atoms with Crippen LogP contribution in [0.1, 0.15) is 28.7 Å². The van der Waals surface area contributed by atoms with Crippen LogP contribution in [0, 0.1) is 13.8 Å². The second-order valence-corrected chi connectivity index (χ2v) is 4.24. The molecule has 1 heterocycles. The van der Waals surface area contributed by atoms with Crippen LogP contribution in [0.5, 0.6) is 0 Å². The van der Waals surface area contributed by atoms with Crippen molar-refractivity contribution in [1.29, 1.82) is 0 Å². The van der Waals surface area contributed by atoms with Gasteiger partial charge in [-0.1, -0.05) is 12.1 Å². The van der Waals surface area contributed by atoms with E-state index in [1.165, 1.54) is 0 Å². The number of rotatable bonds is 3. The Balaban J connectivity index is 2.49. The van der Waals surface area contributed by atoms with E-state index in [1.807, 2.05) is 30.7 Å². The topological polar surface area (TPSA) is 55.1 Å². The molecule has 1 aromatic carbocycles. The fourth-order valence-electron chi connectivity index (χ4n) is 2.20. The third-order valence-electron chi connectivity index (χ3n) is 3.10. The number of hydrogen-bond acceptors (Lipinski definition) is 2. The molecule has 18 heavy (non-hydrogen) atoms. The van der Waals surface area contributed by atoms with Gasteiger partial charge in [-0.25, -0.2) is 4.79 Å². The van der Waals surface area contributed by atoms with Crippen molar-refractivity contribution in [2.45, 2.75) is 27.3 Å². The summed E-state index contributed by atoms with van der Waals surface area (Å²) in [6, 6.07) is 6.92. The average Bonchev–Trinajstić information content (AvgIpc) is 2.64. The predicted octanol–water partition coefficient (Wildman–Crippen LogP) is 2.89. The summed E-state index contributed by atoms with van der Waals surface area (Å²) in [5, 5.41) is 13.3. The molecule has 4 nitrogen and oxygen atoms in total. The van der Waals surface area contributed by atoms with Gasteiger partial charge in [0.2, 0.25) is 0 Å².